The first-order chi connectivity index (χ1) is 21.1. The molecule has 0 unspecified atom stereocenters. The molecule has 4 aromatic rings. The van der Waals surface area contributed by atoms with Crippen LogP contribution in [0.25, 0.3) is 23.5 Å². The van der Waals surface area contributed by atoms with Gasteiger partial charge in [-0.1, -0.05) is 30.4 Å². The van der Waals surface area contributed by atoms with Gasteiger partial charge in [0, 0.05) is 11.1 Å². The highest BCUT2D eigenvalue weighted by molar-refractivity contribution is 6.34. The molecule has 3 N–H and O–H groups in total. The average molecular weight is 627 g/mol. The number of carbonyl (C=O) groups is 3. The van der Waals surface area contributed by atoms with E-state index >= 15 is 0 Å². The Morgan fingerprint density at radius 1 is 0.822 bits per heavy atom. The van der Waals surface area contributed by atoms with Gasteiger partial charge in [-0.2, -0.15) is 26.3 Å². The van der Waals surface area contributed by atoms with E-state index in [0.29, 0.717) is 45.9 Å². The second-order valence-corrected chi connectivity index (χ2v) is 10.4. The number of aromatic nitrogens is 2. The number of imide groups is 1. The molecule has 7 nitrogen and oxygen atoms in total. The molecule has 1 aliphatic rings. The SMILES string of the molecule is C/C=c1/nc(-c2ccc(N3C(=O)c4ccc(C(c5ccc(C)c(C(N)=O)c5)(C(F)(F)F)C(F)(F)F)cc4C3=O)cc2)[nH]/c1=C/C. The summed E-state index contributed by atoms with van der Waals surface area (Å²) in [5.74, 6) is -2.74. The fourth-order valence-electron chi connectivity index (χ4n) is 5.56. The molecule has 0 fully saturated rings. The largest absolute Gasteiger partial charge is 0.411 e. The summed E-state index contributed by atoms with van der Waals surface area (Å²) in [6, 6.07) is 9.67. The normalized spacial score (nSPS) is 14.8. The number of imidazole rings is 1. The predicted molar refractivity (Wildman–Crippen MR) is 154 cm³/mol. The molecule has 1 aliphatic heterocycles. The molecule has 0 bridgehead atoms. The number of nitrogens with zero attached hydrogens (tertiary/aromatic N) is 2. The van der Waals surface area contributed by atoms with Gasteiger partial charge in [0.15, 0.2) is 0 Å². The summed E-state index contributed by atoms with van der Waals surface area (Å²) in [5, 5.41) is 1.48. The van der Waals surface area contributed by atoms with E-state index in [9.17, 15) is 40.7 Å². The summed E-state index contributed by atoms with van der Waals surface area (Å²) in [5.41, 5.74) is -2.95. The number of H-pyrrole nitrogens is 1. The number of hydrogen-bond donors (Lipinski definition) is 2. The highest BCUT2D eigenvalue weighted by Crippen LogP contribution is 2.56. The Bertz CT molecular complexity index is 1950. The number of primary amides is 1. The van der Waals surface area contributed by atoms with Crippen molar-refractivity contribution in [1.29, 1.82) is 0 Å². The number of carbonyl (C=O) groups excluding carboxylic acids is 3. The summed E-state index contributed by atoms with van der Waals surface area (Å²) in [7, 11) is 0. The minimum absolute atomic E-state index is 0.0464. The molecule has 0 saturated carbocycles. The number of alkyl halides is 6. The van der Waals surface area contributed by atoms with Crippen molar-refractivity contribution in [3.63, 3.8) is 0 Å². The molecule has 45 heavy (non-hydrogen) atoms. The van der Waals surface area contributed by atoms with E-state index in [4.69, 9.17) is 5.73 Å². The fraction of sp³-hybridized carbons (Fsp3) is 0.188. The number of anilines is 1. The second-order valence-electron chi connectivity index (χ2n) is 10.4. The Morgan fingerprint density at radius 2 is 1.40 bits per heavy atom. The molecule has 3 amide bonds. The Labute approximate surface area is 251 Å². The first-order valence-electron chi connectivity index (χ1n) is 13.4. The molecule has 1 aromatic heterocycles. The van der Waals surface area contributed by atoms with E-state index < -0.39 is 57.7 Å². The van der Waals surface area contributed by atoms with Gasteiger partial charge in [-0.25, -0.2) is 9.88 Å². The molecule has 2 heterocycles. The Hall–Kier alpha value is -5.20. The molecule has 3 aromatic carbocycles. The zero-order chi connectivity index (χ0) is 33.1. The average Bonchev–Trinajstić information content (AvgIpc) is 3.50. The van der Waals surface area contributed by atoms with Gasteiger partial charge in [0.05, 0.1) is 27.5 Å². The van der Waals surface area contributed by atoms with Gasteiger partial charge in [0.2, 0.25) is 11.3 Å². The van der Waals surface area contributed by atoms with Crippen LogP contribution >= 0.6 is 0 Å². The summed E-state index contributed by atoms with van der Waals surface area (Å²) in [6.07, 6.45) is -8.36. The summed E-state index contributed by atoms with van der Waals surface area (Å²) < 4.78 is 88.7. The number of aryl methyl sites for hydroxylation is 1. The second kappa shape index (κ2) is 10.8. The topological polar surface area (TPSA) is 109 Å². The maximum atomic E-state index is 14.8. The summed E-state index contributed by atoms with van der Waals surface area (Å²) in [6.45, 7) is 4.95. The van der Waals surface area contributed by atoms with Crippen molar-refractivity contribution in [2.45, 2.75) is 38.5 Å². The molecule has 232 valence electrons. The Kier molecular flexibility index (Phi) is 7.46. The molecule has 0 atom stereocenters. The number of hydrogen-bond acceptors (Lipinski definition) is 4. The van der Waals surface area contributed by atoms with Gasteiger partial charge in [-0.15, -0.1) is 0 Å². The number of fused-ring (bicyclic) bond motifs is 1. The van der Waals surface area contributed by atoms with Crippen molar-refractivity contribution in [3.8, 4) is 11.4 Å². The predicted octanol–water partition coefficient (Wildman–Crippen LogP) is 5.30. The van der Waals surface area contributed by atoms with E-state index in [2.05, 4.69) is 9.97 Å². The van der Waals surface area contributed by atoms with Gasteiger partial charge in [-0.3, -0.25) is 14.4 Å². The lowest BCUT2D eigenvalue weighted by Crippen LogP contribution is -2.55. The van der Waals surface area contributed by atoms with Gasteiger partial charge < -0.3 is 10.7 Å². The minimum atomic E-state index is -6.00. The summed E-state index contributed by atoms with van der Waals surface area (Å²) >= 11 is 0. The van der Waals surface area contributed by atoms with E-state index in [1.54, 1.807) is 18.2 Å². The molecule has 13 heteroatoms. The van der Waals surface area contributed by atoms with Crippen molar-refractivity contribution in [2.24, 2.45) is 5.73 Å². The van der Waals surface area contributed by atoms with E-state index in [1.165, 1.54) is 19.1 Å². The lowest BCUT2D eigenvalue weighted by atomic mass is 9.71. The van der Waals surface area contributed by atoms with Crippen molar-refractivity contribution in [2.75, 3.05) is 4.90 Å². The van der Waals surface area contributed by atoms with Crippen molar-refractivity contribution >= 4 is 35.6 Å². The van der Waals surface area contributed by atoms with Crippen LogP contribution in [0.5, 0.6) is 0 Å². The highest BCUT2D eigenvalue weighted by atomic mass is 19.4. The van der Waals surface area contributed by atoms with Crippen LogP contribution in [0.4, 0.5) is 32.0 Å². The number of nitrogens with two attached hydrogens (primary N) is 1. The van der Waals surface area contributed by atoms with Crippen LogP contribution in [0.3, 0.4) is 0 Å². The van der Waals surface area contributed by atoms with Crippen molar-refractivity contribution < 1.29 is 40.7 Å². The maximum Gasteiger partial charge on any atom is 0.411 e. The molecule has 0 radical (unpaired) electrons. The quantitative estimate of drug-likeness (QED) is 0.232. The minimum Gasteiger partial charge on any atom is -0.366 e. The third-order valence-corrected chi connectivity index (χ3v) is 7.83. The van der Waals surface area contributed by atoms with Gasteiger partial charge >= 0.3 is 12.4 Å². The third-order valence-electron chi connectivity index (χ3n) is 7.83. The van der Waals surface area contributed by atoms with Crippen LogP contribution in [0, 0.1) is 6.92 Å². The Morgan fingerprint density at radius 3 is 1.93 bits per heavy atom. The molecule has 0 spiro atoms. The van der Waals surface area contributed by atoms with Gasteiger partial charge in [-0.05, 0) is 79.9 Å². The van der Waals surface area contributed by atoms with Crippen molar-refractivity contribution in [3.05, 3.63) is 105 Å². The number of aromatic amines is 1. The molecule has 0 saturated heterocycles. The number of benzene rings is 3. The summed E-state index contributed by atoms with van der Waals surface area (Å²) in [4.78, 5) is 46.8. The van der Waals surface area contributed by atoms with Crippen LogP contribution in [0.1, 0.15) is 61.6 Å². The standard InChI is InChI=1S/C32H24F6N4O3/c1-4-24-25(5-2)41-27(40-24)17-7-11-20(12-8-17)42-28(44)21-13-10-19(15-23(21)29(42)45)30(31(33,34)35,32(36,37)38)18-9-6-16(3)22(14-18)26(39)43/h4-15H,1-3H3,(H2,39,43)(H,40,41)/b24-4+,25-5+. The zero-order valence-corrected chi connectivity index (χ0v) is 23.9. The molecule has 5 rings (SSSR count). The smallest absolute Gasteiger partial charge is 0.366 e. The Balaban J connectivity index is 1.62. The van der Waals surface area contributed by atoms with E-state index in [-0.39, 0.29) is 16.8 Å². The number of halogens is 6. The van der Waals surface area contributed by atoms with Crippen LogP contribution in [-0.4, -0.2) is 40.0 Å². The van der Waals surface area contributed by atoms with Crippen LogP contribution in [-0.2, 0) is 5.41 Å². The lowest BCUT2D eigenvalue weighted by molar-refractivity contribution is -0.288. The van der Waals surface area contributed by atoms with Crippen LogP contribution in [0.15, 0.2) is 60.7 Å². The lowest BCUT2D eigenvalue weighted by Gasteiger charge is -2.38. The molecular formula is C32H24F6N4O3. The molecular weight excluding hydrogens is 602 g/mol. The van der Waals surface area contributed by atoms with E-state index in [1.807, 2.05) is 19.9 Å². The number of amides is 3. The van der Waals surface area contributed by atoms with Crippen LogP contribution < -0.4 is 21.3 Å². The van der Waals surface area contributed by atoms with Gasteiger partial charge in [0.25, 0.3) is 11.8 Å². The van der Waals surface area contributed by atoms with Gasteiger partial charge in [0.1, 0.15) is 5.82 Å². The van der Waals surface area contributed by atoms with Crippen LogP contribution in [0.2, 0.25) is 0 Å². The molecule has 0 aliphatic carbocycles. The monoisotopic (exact) mass is 626 g/mol. The number of rotatable bonds is 5. The third kappa shape index (κ3) is 4.78. The first kappa shape index (κ1) is 31.2. The first-order valence-corrected chi connectivity index (χ1v) is 13.4. The van der Waals surface area contributed by atoms with E-state index in [0.717, 1.165) is 17.5 Å². The zero-order valence-electron chi connectivity index (χ0n) is 23.9. The maximum absolute atomic E-state index is 14.8. The number of nitrogens with one attached hydrogen (secondary N) is 1. The fourth-order valence-corrected chi connectivity index (χ4v) is 5.56. The van der Waals surface area contributed by atoms with Crippen molar-refractivity contribution in [1.82, 2.24) is 9.97 Å². The highest BCUT2D eigenvalue weighted by Gasteiger charge is 2.72.